The zero-order valence-electron chi connectivity index (χ0n) is 24.3. The van der Waals surface area contributed by atoms with Crippen LogP contribution in [0.15, 0.2) is 23.0 Å². The lowest BCUT2D eigenvalue weighted by Gasteiger charge is -2.50. The van der Waals surface area contributed by atoms with Crippen molar-refractivity contribution >= 4 is 28.9 Å². The first-order valence-electron chi connectivity index (χ1n) is 14.2. The zero-order valence-corrected chi connectivity index (χ0v) is 24.3. The summed E-state index contributed by atoms with van der Waals surface area (Å²) in [6.45, 7) is 4.53. The molecule has 11 nitrogen and oxygen atoms in total. The Bertz CT molecular complexity index is 1390. The number of carbonyl (C=O) groups excluding carboxylic acids is 3. The van der Waals surface area contributed by atoms with Crippen molar-refractivity contribution in [2.24, 2.45) is 23.5 Å². The van der Waals surface area contributed by atoms with Gasteiger partial charge in [0.05, 0.1) is 11.6 Å². The van der Waals surface area contributed by atoms with Crippen LogP contribution in [0.2, 0.25) is 0 Å². The van der Waals surface area contributed by atoms with Crippen LogP contribution in [0.1, 0.15) is 42.9 Å². The van der Waals surface area contributed by atoms with Gasteiger partial charge in [0.25, 0.3) is 5.91 Å². The molecule has 41 heavy (non-hydrogen) atoms. The number of aliphatic hydroxyl groups excluding tert-OH is 2. The van der Waals surface area contributed by atoms with E-state index in [9.17, 15) is 34.8 Å². The summed E-state index contributed by atoms with van der Waals surface area (Å²) < 4.78 is 0. The van der Waals surface area contributed by atoms with Crippen LogP contribution in [0.25, 0.3) is 5.76 Å². The number of aromatic hydroxyl groups is 1. The molecular formula is C30H40N4O7. The van der Waals surface area contributed by atoms with E-state index in [0.29, 0.717) is 18.0 Å². The van der Waals surface area contributed by atoms with Gasteiger partial charge in [-0.2, -0.15) is 0 Å². The predicted octanol–water partition coefficient (Wildman–Crippen LogP) is 1.26. The number of likely N-dealkylation sites (N-methyl/N-ethyl adjacent to an activating group) is 1. The molecule has 0 radical (unpaired) electrons. The molecule has 222 valence electrons. The third-order valence-electron chi connectivity index (χ3n) is 9.27. The van der Waals surface area contributed by atoms with Crippen LogP contribution >= 0.6 is 0 Å². The molecule has 11 heteroatoms. The lowest BCUT2D eigenvalue weighted by Crippen LogP contribution is -2.65. The highest BCUT2D eigenvalue weighted by molar-refractivity contribution is 6.24. The number of ketones is 2. The maximum atomic E-state index is 14.0. The Morgan fingerprint density at radius 1 is 1.12 bits per heavy atom. The molecule has 5 rings (SSSR count). The highest BCUT2D eigenvalue weighted by atomic mass is 16.3. The SMILES string of the molecule is CCN(Cc1cc(O)c2c(c1N(C)C)C[C@H]1C[C@H]3[C@H](N(C)C)C(=O)C(C(N)=O)=C(O)[C@@]3(O)C(=O)C1=C2O)CC1CC1. The minimum Gasteiger partial charge on any atom is -0.508 e. The molecule has 0 saturated heterocycles. The van der Waals surface area contributed by atoms with Gasteiger partial charge < -0.3 is 31.1 Å². The number of phenolic OH excluding ortho intramolecular Hbond substituents is 1. The Morgan fingerprint density at radius 3 is 2.32 bits per heavy atom. The van der Waals surface area contributed by atoms with Gasteiger partial charge in [-0.3, -0.25) is 24.2 Å². The maximum absolute atomic E-state index is 14.0. The fourth-order valence-corrected chi connectivity index (χ4v) is 7.26. The first kappa shape index (κ1) is 29.1. The van der Waals surface area contributed by atoms with Gasteiger partial charge >= 0.3 is 0 Å². The number of carbonyl (C=O) groups is 3. The van der Waals surface area contributed by atoms with E-state index >= 15 is 0 Å². The first-order valence-corrected chi connectivity index (χ1v) is 14.2. The van der Waals surface area contributed by atoms with E-state index in [1.165, 1.54) is 17.7 Å². The second-order valence-electron chi connectivity index (χ2n) is 12.4. The average Bonchev–Trinajstić information content (AvgIpc) is 3.69. The molecule has 1 amide bonds. The Hall–Kier alpha value is -3.41. The summed E-state index contributed by atoms with van der Waals surface area (Å²) >= 11 is 0. The standard InChI is InChI=1S/C30H40N4O7/c1-6-34(12-14-7-8-14)13-16-11-19(35)21-17(23(16)32(2)3)9-15-10-18-24(33(4)5)26(37)22(29(31)40)28(39)30(18,41)27(38)20(15)25(21)36/h11,14-15,18,24,35-36,39,41H,6-10,12-13H2,1-5H3,(H2,31,40)/t15-,18-,24-,30-/m0/s1. The fourth-order valence-electron chi connectivity index (χ4n) is 7.26. The van der Waals surface area contributed by atoms with Crippen molar-refractivity contribution in [2.45, 2.75) is 50.8 Å². The number of benzene rings is 1. The number of hydrogen-bond donors (Lipinski definition) is 5. The highest BCUT2D eigenvalue weighted by Crippen LogP contribution is 2.54. The highest BCUT2D eigenvalue weighted by Gasteiger charge is 2.64. The quantitative estimate of drug-likeness (QED) is 0.288. The molecule has 0 unspecified atom stereocenters. The van der Waals surface area contributed by atoms with E-state index in [4.69, 9.17) is 5.73 Å². The van der Waals surface area contributed by atoms with Crippen LogP contribution in [0.3, 0.4) is 0 Å². The third kappa shape index (κ3) is 4.41. The zero-order chi connectivity index (χ0) is 30.1. The van der Waals surface area contributed by atoms with Gasteiger partial charge in [-0.1, -0.05) is 6.92 Å². The molecule has 0 bridgehead atoms. The summed E-state index contributed by atoms with van der Waals surface area (Å²) in [4.78, 5) is 45.3. The van der Waals surface area contributed by atoms with Crippen molar-refractivity contribution in [3.63, 3.8) is 0 Å². The van der Waals surface area contributed by atoms with Crippen molar-refractivity contribution < 1.29 is 34.8 Å². The normalized spacial score (nSPS) is 27.8. The van der Waals surface area contributed by atoms with Crippen molar-refractivity contribution in [1.82, 2.24) is 9.80 Å². The van der Waals surface area contributed by atoms with Crippen LogP contribution in [-0.2, 0) is 27.3 Å². The molecule has 2 saturated carbocycles. The smallest absolute Gasteiger partial charge is 0.255 e. The van der Waals surface area contributed by atoms with Gasteiger partial charge in [0.15, 0.2) is 11.4 Å². The number of anilines is 1. The average molecular weight is 569 g/mol. The second-order valence-corrected chi connectivity index (χ2v) is 12.4. The number of nitrogens with two attached hydrogens (primary N) is 1. The number of rotatable bonds is 8. The van der Waals surface area contributed by atoms with Crippen LogP contribution in [0.5, 0.6) is 5.75 Å². The predicted molar refractivity (Wildman–Crippen MR) is 152 cm³/mol. The number of aliphatic hydroxyl groups is 3. The van der Waals surface area contributed by atoms with E-state index in [1.54, 1.807) is 20.2 Å². The number of Topliss-reactive ketones (excluding diaryl/α,β-unsaturated/α-hetero) is 2. The van der Waals surface area contributed by atoms with E-state index in [0.717, 1.165) is 24.3 Å². The lowest BCUT2D eigenvalue weighted by molar-refractivity contribution is -0.153. The Morgan fingerprint density at radius 2 is 1.78 bits per heavy atom. The van der Waals surface area contributed by atoms with Crippen LogP contribution < -0.4 is 10.6 Å². The Labute approximate surface area is 239 Å². The number of primary amides is 1. The first-order chi connectivity index (χ1) is 19.2. The van der Waals surface area contributed by atoms with Gasteiger partial charge in [-0.15, -0.1) is 0 Å². The molecule has 4 aliphatic carbocycles. The molecule has 0 heterocycles. The van der Waals surface area contributed by atoms with Crippen LogP contribution in [0, 0.1) is 17.8 Å². The minimum absolute atomic E-state index is 0.0619. The molecule has 0 aliphatic heterocycles. The van der Waals surface area contributed by atoms with E-state index in [-0.39, 0.29) is 29.7 Å². The Kier molecular flexibility index (Phi) is 7.20. The van der Waals surface area contributed by atoms with Crippen molar-refractivity contribution in [3.05, 3.63) is 39.7 Å². The van der Waals surface area contributed by atoms with Gasteiger partial charge in [0.1, 0.15) is 22.8 Å². The number of hydrogen-bond acceptors (Lipinski definition) is 10. The molecule has 2 fully saturated rings. The number of amides is 1. The number of nitrogens with zero attached hydrogens (tertiary/aromatic N) is 3. The molecule has 0 aromatic heterocycles. The maximum Gasteiger partial charge on any atom is 0.255 e. The molecule has 6 N–H and O–H groups in total. The molecule has 0 spiro atoms. The van der Waals surface area contributed by atoms with Gasteiger partial charge in [-0.25, -0.2) is 0 Å². The van der Waals surface area contributed by atoms with E-state index in [1.807, 2.05) is 19.0 Å². The lowest BCUT2D eigenvalue weighted by atomic mass is 9.57. The summed E-state index contributed by atoms with van der Waals surface area (Å²) in [6, 6.07) is 0.510. The molecule has 4 aliphatic rings. The summed E-state index contributed by atoms with van der Waals surface area (Å²) in [5.41, 5.74) is 4.31. The largest absolute Gasteiger partial charge is 0.508 e. The van der Waals surface area contributed by atoms with Crippen molar-refractivity contribution in [1.29, 1.82) is 0 Å². The molecule has 4 atom stereocenters. The summed E-state index contributed by atoms with van der Waals surface area (Å²) in [6.07, 6.45) is 2.77. The third-order valence-corrected chi connectivity index (χ3v) is 9.27. The molecule has 1 aromatic rings. The molecular weight excluding hydrogens is 528 g/mol. The monoisotopic (exact) mass is 568 g/mol. The number of fused-ring (bicyclic) bond motifs is 3. The molecule has 1 aromatic carbocycles. The topological polar surface area (TPSA) is 168 Å². The van der Waals surface area contributed by atoms with Gasteiger partial charge in [0, 0.05) is 44.4 Å². The van der Waals surface area contributed by atoms with E-state index in [2.05, 4.69) is 11.8 Å². The summed E-state index contributed by atoms with van der Waals surface area (Å²) in [7, 11) is 6.96. The van der Waals surface area contributed by atoms with Gasteiger partial charge in [-0.05, 0) is 75.4 Å². The van der Waals surface area contributed by atoms with Crippen LogP contribution in [0.4, 0.5) is 5.69 Å². The summed E-state index contributed by atoms with van der Waals surface area (Å²) in [5.74, 6) is -5.79. The van der Waals surface area contributed by atoms with Crippen molar-refractivity contribution in [3.8, 4) is 5.75 Å². The minimum atomic E-state index is -2.64. The summed E-state index contributed by atoms with van der Waals surface area (Å²) in [5, 5.41) is 45.5. The second kappa shape index (κ2) is 10.1. The fraction of sp³-hybridized carbons (Fsp3) is 0.567. The van der Waals surface area contributed by atoms with Crippen LogP contribution in [-0.4, -0.2) is 101 Å². The number of phenols is 1. The van der Waals surface area contributed by atoms with E-state index < -0.39 is 58.0 Å². The van der Waals surface area contributed by atoms with Crippen molar-refractivity contribution in [2.75, 3.05) is 46.2 Å². The van der Waals surface area contributed by atoms with Gasteiger partial charge in [0.2, 0.25) is 5.78 Å². The Balaban J connectivity index is 1.67.